The van der Waals surface area contributed by atoms with Crippen LogP contribution in [0, 0.1) is 17.0 Å². The number of ether oxygens (including phenoxy) is 2. The first kappa shape index (κ1) is 30.0. The normalized spacial score (nSPS) is 24.4. The topological polar surface area (TPSA) is 163 Å². The Bertz CT molecular complexity index is 1190. The molecule has 1 aromatic carbocycles. The van der Waals surface area contributed by atoms with Gasteiger partial charge in [-0.05, 0) is 17.5 Å². The van der Waals surface area contributed by atoms with Crippen LogP contribution in [0.3, 0.4) is 0 Å². The molecule has 5 N–H and O–H groups in total. The van der Waals surface area contributed by atoms with Crippen molar-refractivity contribution in [2.24, 2.45) is 10.4 Å². The maximum atomic E-state index is 14.5. The SMILES string of the molecule is CC(C)(C)CC(=O)Nc1c(F)cc(C(=O)C/N=c2\sccn2COC2O[C@H](CO)[C@@H](O)[C@H](O)[C@H]2O)cc1F. The maximum Gasteiger partial charge on any atom is 0.225 e. The van der Waals surface area contributed by atoms with E-state index in [2.05, 4.69) is 10.3 Å². The average molecular weight is 560 g/mol. The molecule has 0 radical (unpaired) electrons. The zero-order valence-corrected chi connectivity index (χ0v) is 21.8. The van der Waals surface area contributed by atoms with Crippen molar-refractivity contribution in [2.45, 2.75) is 64.6 Å². The summed E-state index contributed by atoms with van der Waals surface area (Å²) in [7, 11) is 0. The van der Waals surface area contributed by atoms with Crippen molar-refractivity contribution in [2.75, 3.05) is 18.5 Å². The van der Waals surface area contributed by atoms with Gasteiger partial charge < -0.3 is 35.2 Å². The first-order chi connectivity index (χ1) is 17.8. The lowest BCUT2D eigenvalue weighted by Crippen LogP contribution is -2.59. The smallest absolute Gasteiger partial charge is 0.225 e. The number of aliphatic hydroxyl groups excluding tert-OH is 4. The minimum absolute atomic E-state index is 0.0480. The highest BCUT2D eigenvalue weighted by Crippen LogP contribution is 2.25. The molecule has 0 saturated carbocycles. The standard InChI is InChI=1S/C24H31F2N3O8S/c1-24(2,3)8-17(32)28-18-13(25)6-12(7-14(18)26)15(31)9-27-23-29(4-5-38-23)11-36-22-21(35)20(34)19(33)16(10-30)37-22/h4-7,16,19-22,30,33-35H,8-11H2,1-3H3,(H,28,32)/b27-23-/t16-,19-,20+,21-,22?/m1/s1. The van der Waals surface area contributed by atoms with E-state index in [1.54, 1.807) is 11.6 Å². The molecule has 0 spiro atoms. The fourth-order valence-electron chi connectivity index (χ4n) is 3.63. The summed E-state index contributed by atoms with van der Waals surface area (Å²) in [6.45, 7) is 4.14. The summed E-state index contributed by atoms with van der Waals surface area (Å²) in [6, 6.07) is 1.66. The fraction of sp³-hybridized carbons (Fsp3) is 0.542. The van der Waals surface area contributed by atoms with Crippen LogP contribution in [0.15, 0.2) is 28.7 Å². The van der Waals surface area contributed by atoms with E-state index in [0.29, 0.717) is 4.80 Å². The van der Waals surface area contributed by atoms with Crippen LogP contribution in [0.1, 0.15) is 37.6 Å². The van der Waals surface area contributed by atoms with E-state index >= 15 is 0 Å². The summed E-state index contributed by atoms with van der Waals surface area (Å²) in [5.41, 5.74) is -1.28. The molecule has 5 atom stereocenters. The predicted octanol–water partition coefficient (Wildman–Crippen LogP) is 0.760. The van der Waals surface area contributed by atoms with Crippen molar-refractivity contribution in [1.82, 2.24) is 4.57 Å². The summed E-state index contributed by atoms with van der Waals surface area (Å²) < 4.78 is 41.2. The number of amides is 1. The number of Topliss-reactive ketones (excluding diaryl/α,β-unsaturated/α-hetero) is 1. The van der Waals surface area contributed by atoms with Crippen molar-refractivity contribution in [1.29, 1.82) is 0 Å². The molecule has 1 fully saturated rings. The first-order valence-corrected chi connectivity index (χ1v) is 12.6. The number of anilines is 1. The second-order valence-electron chi connectivity index (χ2n) is 9.99. The molecule has 3 rings (SSSR count). The molecule has 1 aromatic heterocycles. The van der Waals surface area contributed by atoms with Crippen LogP contribution in [0.2, 0.25) is 0 Å². The van der Waals surface area contributed by atoms with Gasteiger partial charge in [0.25, 0.3) is 0 Å². The van der Waals surface area contributed by atoms with Crippen LogP contribution in [-0.4, -0.2) is 80.5 Å². The number of carbonyl (C=O) groups excluding carboxylic acids is 2. The van der Waals surface area contributed by atoms with Gasteiger partial charge in [-0.3, -0.25) is 19.1 Å². The van der Waals surface area contributed by atoms with Crippen molar-refractivity contribution >= 4 is 28.7 Å². The van der Waals surface area contributed by atoms with E-state index in [4.69, 9.17) is 9.47 Å². The number of ketones is 1. The van der Waals surface area contributed by atoms with Gasteiger partial charge in [-0.15, -0.1) is 11.3 Å². The third-order valence-electron chi connectivity index (χ3n) is 5.56. The van der Waals surface area contributed by atoms with Crippen LogP contribution in [0.25, 0.3) is 0 Å². The van der Waals surface area contributed by atoms with Crippen molar-refractivity contribution in [3.8, 4) is 0 Å². The summed E-state index contributed by atoms with van der Waals surface area (Å²) in [5, 5.41) is 42.9. The highest BCUT2D eigenvalue weighted by atomic mass is 32.1. The van der Waals surface area contributed by atoms with Crippen LogP contribution >= 0.6 is 11.3 Å². The molecule has 0 bridgehead atoms. The fourth-order valence-corrected chi connectivity index (χ4v) is 4.35. The van der Waals surface area contributed by atoms with E-state index in [-0.39, 0.29) is 24.1 Å². The maximum absolute atomic E-state index is 14.5. The van der Waals surface area contributed by atoms with Crippen LogP contribution in [-0.2, 0) is 21.0 Å². The lowest BCUT2D eigenvalue weighted by molar-refractivity contribution is -0.308. The second kappa shape index (κ2) is 12.5. The Morgan fingerprint density at radius 2 is 1.82 bits per heavy atom. The number of rotatable bonds is 9. The summed E-state index contributed by atoms with van der Waals surface area (Å²) in [4.78, 5) is 29.1. The van der Waals surface area contributed by atoms with Gasteiger partial charge >= 0.3 is 0 Å². The minimum Gasteiger partial charge on any atom is -0.394 e. The Morgan fingerprint density at radius 3 is 2.42 bits per heavy atom. The van der Waals surface area contributed by atoms with Crippen molar-refractivity contribution in [3.05, 3.63) is 45.7 Å². The lowest BCUT2D eigenvalue weighted by atomic mass is 9.92. The number of benzene rings is 1. The second-order valence-corrected chi connectivity index (χ2v) is 10.9. The van der Waals surface area contributed by atoms with E-state index in [1.165, 1.54) is 4.57 Å². The highest BCUT2D eigenvalue weighted by molar-refractivity contribution is 7.07. The molecule has 0 aliphatic carbocycles. The Kier molecular flexibility index (Phi) is 9.86. The Labute approximate surface area is 221 Å². The third kappa shape index (κ3) is 7.50. The molecule has 1 aliphatic heterocycles. The van der Waals surface area contributed by atoms with Gasteiger partial charge in [0, 0.05) is 23.6 Å². The highest BCUT2D eigenvalue weighted by Gasteiger charge is 2.44. The van der Waals surface area contributed by atoms with Crippen LogP contribution in [0.5, 0.6) is 0 Å². The van der Waals surface area contributed by atoms with E-state index < -0.39 is 72.9 Å². The monoisotopic (exact) mass is 559 g/mol. The Morgan fingerprint density at radius 1 is 1.16 bits per heavy atom. The van der Waals surface area contributed by atoms with Gasteiger partial charge in [0.05, 0.1) is 6.61 Å². The molecular formula is C24H31F2N3O8S. The Balaban J connectivity index is 1.66. The number of aliphatic hydroxyl groups is 4. The number of carbonyl (C=O) groups is 2. The first-order valence-electron chi connectivity index (χ1n) is 11.7. The predicted molar refractivity (Wildman–Crippen MR) is 131 cm³/mol. The number of nitrogens with one attached hydrogen (secondary N) is 1. The molecule has 1 amide bonds. The van der Waals surface area contributed by atoms with E-state index in [0.717, 1.165) is 23.5 Å². The number of nitrogens with zero attached hydrogens (tertiary/aromatic N) is 2. The number of aromatic nitrogens is 1. The number of hydrogen-bond acceptors (Lipinski definition) is 10. The third-order valence-corrected chi connectivity index (χ3v) is 6.40. The zero-order chi connectivity index (χ0) is 28.2. The summed E-state index contributed by atoms with van der Waals surface area (Å²) in [6.07, 6.45) is -5.59. The molecular weight excluding hydrogens is 528 g/mol. The zero-order valence-electron chi connectivity index (χ0n) is 21.0. The van der Waals surface area contributed by atoms with Gasteiger partial charge in [0.2, 0.25) is 5.91 Å². The molecule has 14 heteroatoms. The Hall–Kier alpha value is -2.59. The molecule has 210 valence electrons. The molecule has 1 saturated heterocycles. The summed E-state index contributed by atoms with van der Waals surface area (Å²) in [5.74, 6) is -3.41. The number of halogens is 2. The molecule has 1 unspecified atom stereocenters. The largest absolute Gasteiger partial charge is 0.394 e. The van der Waals surface area contributed by atoms with Gasteiger partial charge in [0.1, 0.15) is 55.0 Å². The molecule has 11 nitrogen and oxygen atoms in total. The van der Waals surface area contributed by atoms with E-state index in [1.807, 2.05) is 20.8 Å². The average Bonchev–Trinajstić information content (AvgIpc) is 3.29. The lowest BCUT2D eigenvalue weighted by Gasteiger charge is -2.39. The van der Waals surface area contributed by atoms with Gasteiger partial charge in [-0.1, -0.05) is 20.8 Å². The van der Waals surface area contributed by atoms with Crippen LogP contribution < -0.4 is 10.1 Å². The van der Waals surface area contributed by atoms with E-state index in [9.17, 15) is 38.8 Å². The minimum atomic E-state index is -1.60. The molecule has 2 aromatic rings. The quantitative estimate of drug-likeness (QED) is 0.281. The van der Waals surface area contributed by atoms with Gasteiger partial charge in [0.15, 0.2) is 16.9 Å². The van der Waals surface area contributed by atoms with Gasteiger partial charge in [-0.2, -0.15) is 0 Å². The molecule has 2 heterocycles. The molecule has 1 aliphatic rings. The number of hydrogen-bond donors (Lipinski definition) is 5. The van der Waals surface area contributed by atoms with Crippen molar-refractivity contribution < 1.29 is 48.3 Å². The molecule has 38 heavy (non-hydrogen) atoms. The van der Waals surface area contributed by atoms with Crippen molar-refractivity contribution in [3.63, 3.8) is 0 Å². The summed E-state index contributed by atoms with van der Waals surface area (Å²) >= 11 is 1.14. The van der Waals surface area contributed by atoms with Crippen LogP contribution in [0.4, 0.5) is 14.5 Å². The number of thiazole rings is 1. The van der Waals surface area contributed by atoms with Gasteiger partial charge in [-0.25, -0.2) is 8.78 Å².